The van der Waals surface area contributed by atoms with Crippen molar-refractivity contribution in [3.05, 3.63) is 24.0 Å². The summed E-state index contributed by atoms with van der Waals surface area (Å²) in [7, 11) is 0. The van der Waals surface area contributed by atoms with Crippen molar-refractivity contribution in [3.8, 4) is 11.8 Å². The van der Waals surface area contributed by atoms with Gasteiger partial charge in [-0.05, 0) is 24.6 Å². The minimum absolute atomic E-state index is 0.0621. The second-order valence-electron chi connectivity index (χ2n) is 3.96. The first kappa shape index (κ1) is 12.5. The Hall–Kier alpha value is -1.60. The Bertz CT molecular complexity index is 340. The molecule has 0 aliphatic carbocycles. The number of nitrogens with zero attached hydrogens (tertiary/aromatic N) is 2. The highest BCUT2D eigenvalue weighted by Crippen LogP contribution is 2.08. The van der Waals surface area contributed by atoms with Crippen LogP contribution >= 0.6 is 0 Å². The number of hydrogen-bond donors (Lipinski definition) is 1. The molecule has 16 heavy (non-hydrogen) atoms. The molecule has 0 saturated carbocycles. The Morgan fingerprint density at radius 1 is 1.50 bits per heavy atom. The standard InChI is InChI=1S/C12H17N3O/c1-10(2)7-14-8-11-3-4-12(9-15-11)16-6-5-13/h3-4,9-10,14H,6-8H2,1-2H3. The number of hydrogen-bond acceptors (Lipinski definition) is 4. The summed E-state index contributed by atoms with van der Waals surface area (Å²) in [4.78, 5) is 4.23. The van der Waals surface area contributed by atoms with Crippen LogP contribution in [0.3, 0.4) is 0 Å². The van der Waals surface area contributed by atoms with E-state index in [1.807, 2.05) is 18.2 Å². The van der Waals surface area contributed by atoms with Crippen LogP contribution in [0.2, 0.25) is 0 Å². The van der Waals surface area contributed by atoms with E-state index in [2.05, 4.69) is 24.1 Å². The van der Waals surface area contributed by atoms with Gasteiger partial charge < -0.3 is 10.1 Å². The smallest absolute Gasteiger partial charge is 0.174 e. The summed E-state index contributed by atoms with van der Waals surface area (Å²) in [5.41, 5.74) is 0.977. The van der Waals surface area contributed by atoms with Crippen molar-refractivity contribution in [2.24, 2.45) is 5.92 Å². The molecule has 0 fully saturated rings. The van der Waals surface area contributed by atoms with Crippen molar-refractivity contribution in [3.63, 3.8) is 0 Å². The number of rotatable bonds is 6. The zero-order valence-corrected chi connectivity index (χ0v) is 9.73. The average molecular weight is 219 g/mol. The highest BCUT2D eigenvalue weighted by molar-refractivity contribution is 5.20. The van der Waals surface area contributed by atoms with Crippen LogP contribution in [-0.4, -0.2) is 18.1 Å². The van der Waals surface area contributed by atoms with Crippen LogP contribution in [0.15, 0.2) is 18.3 Å². The molecule has 1 aromatic heterocycles. The zero-order chi connectivity index (χ0) is 11.8. The second-order valence-corrected chi connectivity index (χ2v) is 3.96. The Morgan fingerprint density at radius 2 is 2.31 bits per heavy atom. The molecule has 0 saturated heterocycles. The fraction of sp³-hybridized carbons (Fsp3) is 0.500. The maximum atomic E-state index is 8.34. The first-order valence-corrected chi connectivity index (χ1v) is 5.37. The topological polar surface area (TPSA) is 57.9 Å². The van der Waals surface area contributed by atoms with Gasteiger partial charge >= 0.3 is 0 Å². The Balaban J connectivity index is 2.36. The highest BCUT2D eigenvalue weighted by atomic mass is 16.5. The first-order chi connectivity index (χ1) is 7.72. The minimum atomic E-state index is 0.0621. The van der Waals surface area contributed by atoms with Crippen molar-refractivity contribution in [2.75, 3.05) is 13.2 Å². The maximum Gasteiger partial charge on any atom is 0.174 e. The number of aromatic nitrogens is 1. The lowest BCUT2D eigenvalue weighted by Gasteiger charge is -2.07. The lowest BCUT2D eigenvalue weighted by Crippen LogP contribution is -2.19. The van der Waals surface area contributed by atoms with Crippen LogP contribution in [0.1, 0.15) is 19.5 Å². The molecule has 0 aromatic carbocycles. The summed E-state index contributed by atoms with van der Waals surface area (Å²) in [6, 6.07) is 5.65. The molecule has 0 aliphatic rings. The van der Waals surface area contributed by atoms with Gasteiger partial charge in [0.15, 0.2) is 6.61 Å². The highest BCUT2D eigenvalue weighted by Gasteiger charge is 1.97. The SMILES string of the molecule is CC(C)CNCc1ccc(OCC#N)cn1. The van der Waals surface area contributed by atoms with Gasteiger partial charge in [0.05, 0.1) is 11.9 Å². The average Bonchev–Trinajstić information content (AvgIpc) is 2.27. The second kappa shape index (κ2) is 6.81. The van der Waals surface area contributed by atoms with Crippen LogP contribution in [0.25, 0.3) is 0 Å². The van der Waals surface area contributed by atoms with Gasteiger partial charge in [0.1, 0.15) is 11.8 Å². The summed E-state index contributed by atoms with van der Waals surface area (Å²) in [6.45, 7) is 6.14. The van der Waals surface area contributed by atoms with E-state index < -0.39 is 0 Å². The number of ether oxygens (including phenoxy) is 1. The van der Waals surface area contributed by atoms with Gasteiger partial charge in [0, 0.05) is 6.54 Å². The quantitative estimate of drug-likeness (QED) is 0.791. The van der Waals surface area contributed by atoms with Gasteiger partial charge in [-0.25, -0.2) is 0 Å². The number of nitrogens with one attached hydrogen (secondary N) is 1. The summed E-state index contributed by atoms with van der Waals surface area (Å²) in [5.74, 6) is 1.27. The summed E-state index contributed by atoms with van der Waals surface area (Å²) in [6.07, 6.45) is 1.64. The van der Waals surface area contributed by atoms with E-state index >= 15 is 0 Å². The Morgan fingerprint density at radius 3 is 2.88 bits per heavy atom. The van der Waals surface area contributed by atoms with Gasteiger partial charge in [-0.2, -0.15) is 5.26 Å². The largest absolute Gasteiger partial charge is 0.477 e. The molecule has 1 rings (SSSR count). The van der Waals surface area contributed by atoms with E-state index in [0.717, 1.165) is 18.8 Å². The van der Waals surface area contributed by atoms with Crippen molar-refractivity contribution < 1.29 is 4.74 Å². The van der Waals surface area contributed by atoms with E-state index in [4.69, 9.17) is 10.00 Å². The first-order valence-electron chi connectivity index (χ1n) is 5.37. The predicted octanol–water partition coefficient (Wildman–Crippen LogP) is 1.73. The molecule has 1 heterocycles. The lowest BCUT2D eigenvalue weighted by atomic mass is 10.2. The van der Waals surface area contributed by atoms with Crippen LogP contribution in [0.5, 0.6) is 5.75 Å². The van der Waals surface area contributed by atoms with Gasteiger partial charge in [0.2, 0.25) is 0 Å². The number of nitriles is 1. The fourth-order valence-corrected chi connectivity index (χ4v) is 1.21. The molecular formula is C12H17N3O. The predicted molar refractivity (Wildman–Crippen MR) is 61.9 cm³/mol. The van der Waals surface area contributed by atoms with E-state index in [9.17, 15) is 0 Å². The third-order valence-electron chi connectivity index (χ3n) is 1.96. The van der Waals surface area contributed by atoms with Crippen LogP contribution in [0, 0.1) is 17.2 Å². The molecule has 0 amide bonds. The van der Waals surface area contributed by atoms with Crippen molar-refractivity contribution in [2.45, 2.75) is 20.4 Å². The number of pyridine rings is 1. The van der Waals surface area contributed by atoms with Crippen LogP contribution in [0.4, 0.5) is 0 Å². The van der Waals surface area contributed by atoms with E-state index in [1.54, 1.807) is 6.20 Å². The van der Waals surface area contributed by atoms with Gasteiger partial charge in [0.25, 0.3) is 0 Å². The molecule has 86 valence electrons. The molecular weight excluding hydrogens is 202 g/mol. The minimum Gasteiger partial charge on any atom is -0.477 e. The maximum absolute atomic E-state index is 8.34. The zero-order valence-electron chi connectivity index (χ0n) is 9.73. The van der Waals surface area contributed by atoms with Crippen molar-refractivity contribution >= 4 is 0 Å². The normalized spacial score (nSPS) is 10.1. The van der Waals surface area contributed by atoms with Crippen molar-refractivity contribution in [1.29, 1.82) is 5.26 Å². The van der Waals surface area contributed by atoms with Crippen molar-refractivity contribution in [1.82, 2.24) is 10.3 Å². The summed E-state index contributed by atoms with van der Waals surface area (Å²) in [5, 5.41) is 11.7. The van der Waals surface area contributed by atoms with E-state index in [-0.39, 0.29) is 6.61 Å². The Labute approximate surface area is 96.3 Å². The molecule has 0 bridgehead atoms. The van der Waals surface area contributed by atoms with Crippen LogP contribution < -0.4 is 10.1 Å². The van der Waals surface area contributed by atoms with Crippen LogP contribution in [-0.2, 0) is 6.54 Å². The van der Waals surface area contributed by atoms with Gasteiger partial charge in [-0.3, -0.25) is 4.98 Å². The molecule has 0 unspecified atom stereocenters. The summed E-state index contributed by atoms with van der Waals surface area (Å²) < 4.78 is 5.11. The third-order valence-corrected chi connectivity index (χ3v) is 1.96. The molecule has 1 N–H and O–H groups in total. The van der Waals surface area contributed by atoms with Gasteiger partial charge in [-0.15, -0.1) is 0 Å². The Kier molecular flexibility index (Phi) is 5.30. The summed E-state index contributed by atoms with van der Waals surface area (Å²) >= 11 is 0. The van der Waals surface area contributed by atoms with E-state index in [0.29, 0.717) is 11.7 Å². The van der Waals surface area contributed by atoms with Gasteiger partial charge in [-0.1, -0.05) is 13.8 Å². The monoisotopic (exact) mass is 219 g/mol. The molecule has 0 radical (unpaired) electrons. The van der Waals surface area contributed by atoms with E-state index in [1.165, 1.54) is 0 Å². The molecule has 1 aromatic rings. The lowest BCUT2D eigenvalue weighted by molar-refractivity contribution is 0.366. The molecule has 4 heteroatoms. The third kappa shape index (κ3) is 4.76. The fourth-order valence-electron chi connectivity index (χ4n) is 1.21. The molecule has 0 aliphatic heterocycles. The molecule has 0 atom stereocenters. The molecule has 0 spiro atoms. The molecule has 4 nitrogen and oxygen atoms in total.